The summed E-state index contributed by atoms with van der Waals surface area (Å²) in [5.74, 6) is -0.288. The first kappa shape index (κ1) is 11.0. The summed E-state index contributed by atoms with van der Waals surface area (Å²) in [5.41, 5.74) is 1.06. The van der Waals surface area contributed by atoms with Gasteiger partial charge in [-0.05, 0) is 18.2 Å². The number of halogens is 1. The van der Waals surface area contributed by atoms with Gasteiger partial charge >= 0.3 is 5.97 Å². The van der Waals surface area contributed by atoms with Crippen LogP contribution in [0.15, 0.2) is 22.7 Å². The minimum atomic E-state index is -0.947. The number of aromatic carboxylic acids is 1. The summed E-state index contributed by atoms with van der Waals surface area (Å²) < 4.78 is 7.71. The molecule has 1 N–H and O–H groups in total. The SMILES string of the molecule is COc1cc(Br)cc2c1cc(C(=O)O)n2C. The van der Waals surface area contributed by atoms with E-state index in [0.29, 0.717) is 5.75 Å². The second-order valence-electron chi connectivity index (χ2n) is 3.43. The number of nitrogens with zero attached hydrogens (tertiary/aromatic N) is 1. The zero-order chi connectivity index (χ0) is 11.9. The largest absolute Gasteiger partial charge is 0.496 e. The van der Waals surface area contributed by atoms with Gasteiger partial charge in [-0.2, -0.15) is 0 Å². The molecule has 0 aliphatic rings. The average molecular weight is 284 g/mol. The van der Waals surface area contributed by atoms with Gasteiger partial charge in [0.25, 0.3) is 0 Å². The molecule has 0 amide bonds. The lowest BCUT2D eigenvalue weighted by Gasteiger charge is -2.04. The molecule has 16 heavy (non-hydrogen) atoms. The van der Waals surface area contributed by atoms with Gasteiger partial charge in [0.1, 0.15) is 11.4 Å². The number of aryl methyl sites for hydroxylation is 1. The van der Waals surface area contributed by atoms with Crippen LogP contribution < -0.4 is 4.74 Å². The monoisotopic (exact) mass is 283 g/mol. The van der Waals surface area contributed by atoms with E-state index in [4.69, 9.17) is 9.84 Å². The number of methoxy groups -OCH3 is 1. The number of benzene rings is 1. The van der Waals surface area contributed by atoms with Crippen molar-refractivity contribution in [3.8, 4) is 5.75 Å². The topological polar surface area (TPSA) is 51.5 Å². The zero-order valence-corrected chi connectivity index (χ0v) is 10.4. The lowest BCUT2D eigenvalue weighted by molar-refractivity contribution is 0.0687. The Hall–Kier alpha value is -1.49. The Morgan fingerprint density at radius 1 is 1.44 bits per heavy atom. The third-order valence-electron chi connectivity index (χ3n) is 2.53. The fraction of sp³-hybridized carbons (Fsp3) is 0.182. The van der Waals surface area contributed by atoms with Gasteiger partial charge in [-0.3, -0.25) is 0 Å². The summed E-state index contributed by atoms with van der Waals surface area (Å²) in [6, 6.07) is 5.29. The highest BCUT2D eigenvalue weighted by molar-refractivity contribution is 9.10. The predicted octanol–water partition coefficient (Wildman–Crippen LogP) is 2.65. The molecule has 0 spiro atoms. The van der Waals surface area contributed by atoms with Gasteiger partial charge < -0.3 is 14.4 Å². The quantitative estimate of drug-likeness (QED) is 0.922. The van der Waals surface area contributed by atoms with Gasteiger partial charge in [0.05, 0.1) is 12.6 Å². The van der Waals surface area contributed by atoms with E-state index < -0.39 is 5.97 Å². The first-order valence-electron chi connectivity index (χ1n) is 4.61. The molecule has 2 aromatic rings. The van der Waals surface area contributed by atoms with E-state index in [0.717, 1.165) is 15.4 Å². The minimum Gasteiger partial charge on any atom is -0.496 e. The van der Waals surface area contributed by atoms with Crippen LogP contribution in [-0.4, -0.2) is 22.8 Å². The van der Waals surface area contributed by atoms with Crippen molar-refractivity contribution >= 4 is 32.8 Å². The van der Waals surface area contributed by atoms with Crippen LogP contribution in [0.25, 0.3) is 10.9 Å². The molecule has 0 aliphatic heterocycles. The van der Waals surface area contributed by atoms with Crippen molar-refractivity contribution in [2.45, 2.75) is 0 Å². The van der Waals surface area contributed by atoms with Crippen LogP contribution in [0, 0.1) is 0 Å². The second-order valence-corrected chi connectivity index (χ2v) is 4.35. The molecule has 0 fully saturated rings. The van der Waals surface area contributed by atoms with Crippen LogP contribution in [0.3, 0.4) is 0 Å². The van der Waals surface area contributed by atoms with Gasteiger partial charge in [-0.25, -0.2) is 4.79 Å². The summed E-state index contributed by atoms with van der Waals surface area (Å²) in [7, 11) is 3.28. The summed E-state index contributed by atoms with van der Waals surface area (Å²) in [6.07, 6.45) is 0. The van der Waals surface area contributed by atoms with Gasteiger partial charge in [0.2, 0.25) is 0 Å². The Morgan fingerprint density at radius 2 is 2.12 bits per heavy atom. The minimum absolute atomic E-state index is 0.242. The molecule has 0 unspecified atom stereocenters. The number of carboxylic acid groups (broad SMARTS) is 1. The third-order valence-corrected chi connectivity index (χ3v) is 2.99. The molecule has 1 aromatic carbocycles. The summed E-state index contributed by atoms with van der Waals surface area (Å²) in [5, 5.41) is 9.82. The van der Waals surface area contributed by atoms with E-state index in [-0.39, 0.29) is 5.69 Å². The number of fused-ring (bicyclic) bond motifs is 1. The van der Waals surface area contributed by atoms with Crippen molar-refractivity contribution in [1.29, 1.82) is 0 Å². The smallest absolute Gasteiger partial charge is 0.352 e. The van der Waals surface area contributed by atoms with Crippen molar-refractivity contribution in [2.75, 3.05) is 7.11 Å². The number of carbonyl (C=O) groups is 1. The zero-order valence-electron chi connectivity index (χ0n) is 8.82. The number of rotatable bonds is 2. The molecule has 0 aliphatic carbocycles. The number of ether oxygens (including phenoxy) is 1. The van der Waals surface area contributed by atoms with Crippen molar-refractivity contribution < 1.29 is 14.6 Å². The molecule has 0 radical (unpaired) electrons. The molecular weight excluding hydrogens is 274 g/mol. The summed E-state index contributed by atoms with van der Waals surface area (Å²) in [4.78, 5) is 11.0. The van der Waals surface area contributed by atoms with E-state index in [1.54, 1.807) is 24.8 Å². The maximum atomic E-state index is 11.0. The van der Waals surface area contributed by atoms with E-state index in [9.17, 15) is 4.79 Å². The van der Waals surface area contributed by atoms with Crippen molar-refractivity contribution in [1.82, 2.24) is 4.57 Å². The highest BCUT2D eigenvalue weighted by Gasteiger charge is 2.15. The maximum absolute atomic E-state index is 11.0. The lowest BCUT2D eigenvalue weighted by Crippen LogP contribution is -2.03. The van der Waals surface area contributed by atoms with Gasteiger partial charge in [0.15, 0.2) is 0 Å². The number of hydrogen-bond donors (Lipinski definition) is 1. The highest BCUT2D eigenvalue weighted by Crippen LogP contribution is 2.32. The lowest BCUT2D eigenvalue weighted by atomic mass is 10.2. The second kappa shape index (κ2) is 3.83. The van der Waals surface area contributed by atoms with Crippen molar-refractivity contribution in [3.63, 3.8) is 0 Å². The van der Waals surface area contributed by atoms with E-state index in [1.165, 1.54) is 0 Å². The van der Waals surface area contributed by atoms with E-state index >= 15 is 0 Å². The van der Waals surface area contributed by atoms with Gasteiger partial charge in [-0.15, -0.1) is 0 Å². The number of hydrogen-bond acceptors (Lipinski definition) is 2. The molecule has 2 rings (SSSR count). The fourth-order valence-corrected chi connectivity index (χ4v) is 2.16. The number of carboxylic acids is 1. The molecule has 0 atom stereocenters. The Morgan fingerprint density at radius 3 is 2.69 bits per heavy atom. The maximum Gasteiger partial charge on any atom is 0.352 e. The van der Waals surface area contributed by atoms with Crippen molar-refractivity contribution in [2.24, 2.45) is 7.05 Å². The molecule has 1 heterocycles. The Labute approximate surface area is 101 Å². The Balaban J connectivity index is 2.85. The molecule has 1 aromatic heterocycles. The molecule has 5 heteroatoms. The Bertz CT molecular complexity index is 574. The van der Waals surface area contributed by atoms with E-state index in [2.05, 4.69) is 15.9 Å². The molecule has 84 valence electrons. The number of aromatic nitrogens is 1. The Kier molecular flexibility index (Phi) is 2.63. The first-order valence-corrected chi connectivity index (χ1v) is 5.40. The van der Waals surface area contributed by atoms with E-state index in [1.807, 2.05) is 12.1 Å². The molecular formula is C11H10BrNO3. The first-order chi connectivity index (χ1) is 7.54. The van der Waals surface area contributed by atoms with Gasteiger partial charge in [0, 0.05) is 16.9 Å². The fourth-order valence-electron chi connectivity index (χ4n) is 1.74. The molecule has 0 bridgehead atoms. The van der Waals surface area contributed by atoms with Crippen LogP contribution in [0.1, 0.15) is 10.5 Å². The van der Waals surface area contributed by atoms with Gasteiger partial charge in [-0.1, -0.05) is 15.9 Å². The standard InChI is InChI=1S/C11H10BrNO3/c1-13-8-3-6(12)4-10(16-2)7(8)5-9(13)11(14)15/h3-5H,1-2H3,(H,14,15). The van der Waals surface area contributed by atoms with Crippen LogP contribution in [0.4, 0.5) is 0 Å². The normalized spacial score (nSPS) is 10.7. The average Bonchev–Trinajstić information content (AvgIpc) is 2.55. The van der Waals surface area contributed by atoms with Crippen LogP contribution in [0.5, 0.6) is 5.75 Å². The highest BCUT2D eigenvalue weighted by atomic mass is 79.9. The van der Waals surface area contributed by atoms with Crippen molar-refractivity contribution in [3.05, 3.63) is 28.4 Å². The molecule has 0 saturated carbocycles. The molecule has 4 nitrogen and oxygen atoms in total. The van der Waals surface area contributed by atoms with Crippen LogP contribution in [-0.2, 0) is 7.05 Å². The summed E-state index contributed by atoms with van der Waals surface area (Å²) >= 11 is 3.36. The summed E-state index contributed by atoms with van der Waals surface area (Å²) in [6.45, 7) is 0. The molecule has 0 saturated heterocycles. The van der Waals surface area contributed by atoms with Crippen LogP contribution >= 0.6 is 15.9 Å². The third kappa shape index (κ3) is 1.57. The van der Waals surface area contributed by atoms with Crippen LogP contribution in [0.2, 0.25) is 0 Å². The predicted molar refractivity (Wildman–Crippen MR) is 64.1 cm³/mol.